The quantitative estimate of drug-likeness (QED) is 0.730. The molecule has 3 aromatic rings. The average Bonchev–Trinajstić information content (AvgIpc) is 3.14. The maximum Gasteiger partial charge on any atom is 0.123 e. The van der Waals surface area contributed by atoms with Crippen molar-refractivity contribution in [3.63, 3.8) is 0 Å². The normalized spacial score (nSPS) is 15.8. The highest BCUT2D eigenvalue weighted by atomic mass is 35.5. The fraction of sp³-hybridized carbons (Fsp3) is 0.333. The molecule has 3 nitrogen and oxygen atoms in total. The molecular formula is C15H16ClN3S. The van der Waals surface area contributed by atoms with Crippen molar-refractivity contribution < 1.29 is 0 Å². The lowest BCUT2D eigenvalue weighted by Gasteiger charge is -2.13. The lowest BCUT2D eigenvalue weighted by molar-refractivity contribution is 0.949. The molecule has 2 N–H and O–H groups in total. The van der Waals surface area contributed by atoms with E-state index in [4.69, 9.17) is 17.3 Å². The van der Waals surface area contributed by atoms with Gasteiger partial charge in [-0.25, -0.2) is 0 Å². The summed E-state index contributed by atoms with van der Waals surface area (Å²) in [4.78, 5) is 2.47. The number of halogens is 1. The largest absolute Gasteiger partial charge is 0.384 e. The molecule has 2 aromatic heterocycles. The molecule has 0 spiro atoms. The van der Waals surface area contributed by atoms with Gasteiger partial charge < -0.3 is 15.2 Å². The first-order valence-electron chi connectivity index (χ1n) is 6.87. The summed E-state index contributed by atoms with van der Waals surface area (Å²) in [5, 5.41) is 4.35. The van der Waals surface area contributed by atoms with E-state index >= 15 is 0 Å². The summed E-state index contributed by atoms with van der Waals surface area (Å²) in [5.74, 6) is 0.642. The zero-order valence-electron chi connectivity index (χ0n) is 11.3. The number of rotatable bonds is 1. The number of fused-ring (bicyclic) bond motifs is 3. The van der Waals surface area contributed by atoms with Gasteiger partial charge in [-0.05, 0) is 31.0 Å². The molecule has 0 saturated carbocycles. The molecule has 3 heterocycles. The summed E-state index contributed by atoms with van der Waals surface area (Å²) < 4.78 is 3.25. The van der Waals surface area contributed by atoms with E-state index in [0.717, 1.165) is 10.9 Å². The Hall–Kier alpha value is -1.39. The van der Waals surface area contributed by atoms with Gasteiger partial charge in [0.05, 0.1) is 15.5 Å². The number of hydrogen-bond donors (Lipinski definition) is 1. The zero-order chi connectivity index (χ0) is 13.9. The summed E-state index contributed by atoms with van der Waals surface area (Å²) >= 11 is 8.29. The van der Waals surface area contributed by atoms with Gasteiger partial charge in [0.25, 0.3) is 0 Å². The minimum atomic E-state index is 0.642. The summed E-state index contributed by atoms with van der Waals surface area (Å²) in [7, 11) is 1.96. The standard InChI is InChI=1S/C15H16ClN3S/c1-18-10-4-5-11-9(13(10)14(16)15(18)17)8-12(20-11)19-6-2-3-7-19/h4-5,8H,2-3,6-7,17H2,1H3. The van der Waals surface area contributed by atoms with Gasteiger partial charge in [-0.1, -0.05) is 11.6 Å². The number of benzene rings is 1. The van der Waals surface area contributed by atoms with Gasteiger partial charge in [0.15, 0.2) is 0 Å². The van der Waals surface area contributed by atoms with Crippen molar-refractivity contribution in [3.05, 3.63) is 23.2 Å². The predicted molar refractivity (Wildman–Crippen MR) is 89.2 cm³/mol. The number of hydrogen-bond acceptors (Lipinski definition) is 3. The van der Waals surface area contributed by atoms with Gasteiger partial charge >= 0.3 is 0 Å². The molecule has 1 aromatic carbocycles. The number of nitrogens with two attached hydrogens (primary N) is 1. The van der Waals surface area contributed by atoms with Crippen LogP contribution in [0.5, 0.6) is 0 Å². The molecule has 1 aliphatic heterocycles. The van der Waals surface area contributed by atoms with E-state index in [-0.39, 0.29) is 0 Å². The fourth-order valence-electron chi connectivity index (χ4n) is 3.10. The Kier molecular flexibility index (Phi) is 2.66. The second kappa shape index (κ2) is 4.30. The van der Waals surface area contributed by atoms with Crippen molar-refractivity contribution in [1.82, 2.24) is 4.57 Å². The fourth-order valence-corrected chi connectivity index (χ4v) is 4.54. The first-order chi connectivity index (χ1) is 9.66. The lowest BCUT2D eigenvalue weighted by Crippen LogP contribution is -2.15. The van der Waals surface area contributed by atoms with E-state index < -0.39 is 0 Å². The Balaban J connectivity index is 2.01. The van der Waals surface area contributed by atoms with Crippen LogP contribution in [0.4, 0.5) is 10.8 Å². The Labute approximate surface area is 126 Å². The number of thiophene rings is 1. The Bertz CT molecular complexity index is 812. The molecule has 1 aliphatic rings. The van der Waals surface area contributed by atoms with Crippen LogP contribution in [-0.2, 0) is 7.05 Å². The molecule has 1 fully saturated rings. The van der Waals surface area contributed by atoms with E-state index in [1.54, 1.807) is 0 Å². The molecule has 0 aliphatic carbocycles. The number of aromatic nitrogens is 1. The van der Waals surface area contributed by atoms with Crippen molar-refractivity contribution in [3.8, 4) is 0 Å². The lowest BCUT2D eigenvalue weighted by atomic mass is 10.2. The van der Waals surface area contributed by atoms with Crippen molar-refractivity contribution >= 4 is 54.7 Å². The molecule has 1 saturated heterocycles. The van der Waals surface area contributed by atoms with Crippen LogP contribution in [0.15, 0.2) is 18.2 Å². The predicted octanol–water partition coefficient (Wildman–Crippen LogP) is 4.23. The van der Waals surface area contributed by atoms with Crippen molar-refractivity contribution in [2.24, 2.45) is 7.05 Å². The van der Waals surface area contributed by atoms with Crippen molar-refractivity contribution in [2.75, 3.05) is 23.7 Å². The van der Waals surface area contributed by atoms with E-state index in [1.807, 2.05) is 23.0 Å². The van der Waals surface area contributed by atoms with E-state index in [1.165, 1.54) is 41.0 Å². The summed E-state index contributed by atoms with van der Waals surface area (Å²) in [5.41, 5.74) is 7.16. The maximum absolute atomic E-state index is 6.44. The third kappa shape index (κ3) is 1.58. The second-order valence-electron chi connectivity index (χ2n) is 5.41. The van der Waals surface area contributed by atoms with Crippen LogP contribution in [0.2, 0.25) is 5.02 Å². The summed E-state index contributed by atoms with van der Waals surface area (Å²) in [6, 6.07) is 6.57. The van der Waals surface area contributed by atoms with Crippen LogP contribution in [-0.4, -0.2) is 17.7 Å². The van der Waals surface area contributed by atoms with Crippen LogP contribution in [0.3, 0.4) is 0 Å². The van der Waals surface area contributed by atoms with Crippen LogP contribution in [0.25, 0.3) is 21.0 Å². The van der Waals surface area contributed by atoms with Crippen molar-refractivity contribution in [2.45, 2.75) is 12.8 Å². The number of nitrogens with zero attached hydrogens (tertiary/aromatic N) is 2. The highest BCUT2D eigenvalue weighted by Crippen LogP contribution is 2.42. The third-order valence-electron chi connectivity index (χ3n) is 4.25. The number of aryl methyl sites for hydroxylation is 1. The first kappa shape index (κ1) is 12.4. The van der Waals surface area contributed by atoms with Gasteiger partial charge in [0.2, 0.25) is 0 Å². The molecular weight excluding hydrogens is 290 g/mol. The Morgan fingerprint density at radius 2 is 2.00 bits per heavy atom. The summed E-state index contributed by atoms with van der Waals surface area (Å²) in [6.45, 7) is 2.33. The molecule has 20 heavy (non-hydrogen) atoms. The first-order valence-corrected chi connectivity index (χ1v) is 8.07. The molecule has 0 atom stereocenters. The van der Waals surface area contributed by atoms with Crippen LogP contribution >= 0.6 is 22.9 Å². The van der Waals surface area contributed by atoms with Gasteiger partial charge in [0, 0.05) is 35.6 Å². The average molecular weight is 306 g/mol. The minimum Gasteiger partial charge on any atom is -0.384 e. The molecule has 0 unspecified atom stereocenters. The number of nitrogen functional groups attached to an aromatic ring is 1. The van der Waals surface area contributed by atoms with Gasteiger partial charge in [0.1, 0.15) is 5.82 Å². The monoisotopic (exact) mass is 305 g/mol. The highest BCUT2D eigenvalue weighted by molar-refractivity contribution is 7.23. The second-order valence-corrected chi connectivity index (χ2v) is 6.85. The van der Waals surface area contributed by atoms with Crippen LogP contribution in [0, 0.1) is 0 Å². The molecule has 0 bridgehead atoms. The molecule has 0 amide bonds. The highest BCUT2D eigenvalue weighted by Gasteiger charge is 2.19. The van der Waals surface area contributed by atoms with Crippen molar-refractivity contribution in [1.29, 1.82) is 0 Å². The third-order valence-corrected chi connectivity index (χ3v) is 5.79. The number of anilines is 2. The summed E-state index contributed by atoms with van der Waals surface area (Å²) in [6.07, 6.45) is 2.59. The van der Waals surface area contributed by atoms with Gasteiger partial charge in [-0.3, -0.25) is 0 Å². The SMILES string of the molecule is Cn1c(N)c(Cl)c2c3cc(N4CCCC4)sc3ccc21. The zero-order valence-corrected chi connectivity index (χ0v) is 12.9. The van der Waals surface area contributed by atoms with E-state index in [2.05, 4.69) is 23.1 Å². The molecule has 5 heteroatoms. The van der Waals surface area contributed by atoms with Gasteiger partial charge in [-0.15, -0.1) is 11.3 Å². The molecule has 4 rings (SSSR count). The van der Waals surface area contributed by atoms with Crippen LogP contribution < -0.4 is 10.6 Å². The van der Waals surface area contributed by atoms with Crippen LogP contribution in [0.1, 0.15) is 12.8 Å². The Morgan fingerprint density at radius 3 is 2.75 bits per heavy atom. The molecule has 0 radical (unpaired) electrons. The van der Waals surface area contributed by atoms with E-state index in [9.17, 15) is 0 Å². The smallest absolute Gasteiger partial charge is 0.123 e. The van der Waals surface area contributed by atoms with Gasteiger partial charge in [-0.2, -0.15) is 0 Å². The maximum atomic E-state index is 6.44. The molecule has 104 valence electrons. The minimum absolute atomic E-state index is 0.642. The van der Waals surface area contributed by atoms with E-state index in [0.29, 0.717) is 10.8 Å². The Morgan fingerprint density at radius 1 is 1.25 bits per heavy atom. The topological polar surface area (TPSA) is 34.2 Å².